The highest BCUT2D eigenvalue weighted by atomic mass is 16.7. The van der Waals surface area contributed by atoms with E-state index >= 15 is 4.79 Å². The summed E-state index contributed by atoms with van der Waals surface area (Å²) >= 11 is 0. The Labute approximate surface area is 458 Å². The fourth-order valence-corrected chi connectivity index (χ4v) is 11.5. The van der Waals surface area contributed by atoms with Crippen molar-refractivity contribution in [2.24, 2.45) is 22.9 Å². The third-order valence-electron chi connectivity index (χ3n) is 15.2. The molecule has 6 aromatic rings. The molecule has 2 aliphatic carbocycles. The van der Waals surface area contributed by atoms with Crippen LogP contribution in [0, 0.1) is 39.2 Å². The van der Waals surface area contributed by atoms with Gasteiger partial charge in [0, 0.05) is 61.4 Å². The Morgan fingerprint density at radius 3 is 2.38 bits per heavy atom. The number of hydrogen-bond acceptors (Lipinski definition) is 14. The lowest BCUT2D eigenvalue weighted by molar-refractivity contribution is -0.384. The largest absolute Gasteiger partial charge is 0.497 e. The zero-order valence-electron chi connectivity index (χ0n) is 44.1. The molecular weight excluding hydrogens is 1010 g/mol. The summed E-state index contributed by atoms with van der Waals surface area (Å²) in [7, 11) is 3.02. The average Bonchev–Trinajstić information content (AvgIpc) is 2.72. The van der Waals surface area contributed by atoms with Crippen molar-refractivity contribution in [3.8, 4) is 29.1 Å². The third kappa shape index (κ3) is 12.0. The number of benzene rings is 6. The predicted octanol–water partition coefficient (Wildman–Crippen LogP) is 11.4. The van der Waals surface area contributed by atoms with E-state index in [1.807, 2.05) is 48.5 Å². The van der Waals surface area contributed by atoms with Crippen LogP contribution in [0.15, 0.2) is 157 Å². The van der Waals surface area contributed by atoms with E-state index in [0.717, 1.165) is 21.9 Å². The Morgan fingerprint density at radius 2 is 1.66 bits per heavy atom. The number of oxime groups is 1. The highest BCUT2D eigenvalue weighted by Crippen LogP contribution is 2.62. The van der Waals surface area contributed by atoms with Crippen LogP contribution in [0.25, 0.3) is 10.8 Å². The van der Waals surface area contributed by atoms with Crippen molar-refractivity contribution in [1.82, 2.24) is 4.90 Å². The van der Waals surface area contributed by atoms with Gasteiger partial charge in [-0.2, -0.15) is 5.26 Å². The molecule has 17 nitrogen and oxygen atoms in total. The molecule has 0 radical (unpaired) electrons. The van der Waals surface area contributed by atoms with Crippen LogP contribution in [0.5, 0.6) is 23.0 Å². The van der Waals surface area contributed by atoms with Crippen LogP contribution in [0.1, 0.15) is 83.5 Å². The van der Waals surface area contributed by atoms with E-state index in [-0.39, 0.29) is 68.6 Å². The molecule has 3 aliphatic rings. The number of aliphatic hydroxyl groups is 2. The van der Waals surface area contributed by atoms with E-state index in [2.05, 4.69) is 24.0 Å². The predicted molar refractivity (Wildman–Crippen MR) is 297 cm³/mol. The topological polar surface area (TPSA) is 225 Å². The van der Waals surface area contributed by atoms with Crippen molar-refractivity contribution < 1.29 is 53.2 Å². The molecule has 408 valence electrons. The minimum Gasteiger partial charge on any atom is -0.497 e. The maximum Gasteiger partial charge on any atom is 0.417 e. The molecule has 79 heavy (non-hydrogen) atoms. The number of fused-ring (bicyclic) bond motifs is 3. The molecule has 1 fully saturated rings. The lowest BCUT2D eigenvalue weighted by Crippen LogP contribution is -2.70. The summed E-state index contributed by atoms with van der Waals surface area (Å²) in [6.45, 7) is 4.12. The van der Waals surface area contributed by atoms with E-state index < -0.39 is 34.7 Å². The van der Waals surface area contributed by atoms with Crippen LogP contribution in [-0.2, 0) is 22.7 Å². The van der Waals surface area contributed by atoms with Gasteiger partial charge in [0.05, 0.1) is 54.7 Å². The standard InChI is InChI=1S/C62H63N5O12/c1-4-32-76-62-57(66(60(70)43-22-18-40(37-63)19-23-43)38-45-15-11-14-42-12-5-6-16-49(42)45)36-54(65-77-39-41-20-24-46(25-21-41)67(72)73)51-33-44(13-7-9-30-68)50(17-8-10-31-69)58(59(51)62)52-34-48(27-29-55(52)79-62)78-61(71)64-53-28-26-47(74-2)35-56(53)75-3/h4-6,11-12,14-16,18-29,33-35,44,50,57-59,68-69H,1,7-10,13,17,30-32,36,38-39H2,2-3H3,(H,64,71). The Morgan fingerprint density at radius 1 is 0.911 bits per heavy atom. The minimum absolute atomic E-state index is 0.00388. The SMILES string of the molecule is C=CCOC12Oc3ccc(OC(=O)Nc4ccc(OC)cc4OC)cc3C3C(CCCCO)C(CCCCO)C=C(C(=NOCc4ccc([N+](=O)[O-])cc4)CC1N(Cc1cccc4ccccc14)C(=O)c1ccc(C#N)cc1)C32. The van der Waals surface area contributed by atoms with Gasteiger partial charge in [-0.15, -0.1) is 6.58 Å². The zero-order valence-corrected chi connectivity index (χ0v) is 44.1. The van der Waals surface area contributed by atoms with Crippen LogP contribution in [0.4, 0.5) is 16.2 Å². The first kappa shape index (κ1) is 55.2. The molecule has 0 spiro atoms. The second-order valence-corrected chi connectivity index (χ2v) is 19.8. The highest BCUT2D eigenvalue weighted by molar-refractivity contribution is 6.04. The number of aliphatic hydroxyl groups excluding tert-OH is 2. The third-order valence-corrected chi connectivity index (χ3v) is 15.2. The molecule has 6 aromatic carbocycles. The minimum atomic E-state index is -1.67. The number of anilines is 1. The smallest absolute Gasteiger partial charge is 0.417 e. The highest BCUT2D eigenvalue weighted by Gasteiger charge is 2.65. The molecule has 3 N–H and O–H groups in total. The molecule has 2 amide bonds. The number of nitriles is 1. The van der Waals surface area contributed by atoms with E-state index in [9.17, 15) is 30.4 Å². The number of rotatable bonds is 23. The number of ether oxygens (including phenoxy) is 5. The van der Waals surface area contributed by atoms with E-state index in [4.69, 9.17) is 33.7 Å². The van der Waals surface area contributed by atoms with Gasteiger partial charge in [-0.25, -0.2) is 4.79 Å². The van der Waals surface area contributed by atoms with Crippen molar-refractivity contribution in [2.45, 2.75) is 75.8 Å². The fourth-order valence-electron chi connectivity index (χ4n) is 11.5. The van der Waals surface area contributed by atoms with Gasteiger partial charge < -0.3 is 43.6 Å². The number of allylic oxidation sites excluding steroid dienone is 1. The monoisotopic (exact) mass is 1070 g/mol. The number of nitro benzene ring substituents is 1. The Bertz CT molecular complexity index is 3280. The molecule has 1 saturated carbocycles. The van der Waals surface area contributed by atoms with E-state index in [0.29, 0.717) is 89.4 Å². The van der Waals surface area contributed by atoms with E-state index in [1.165, 1.54) is 26.4 Å². The maximum absolute atomic E-state index is 15.8. The number of nitro groups is 1. The molecule has 0 saturated heterocycles. The summed E-state index contributed by atoms with van der Waals surface area (Å²) in [5.74, 6) is -1.98. The molecule has 17 heteroatoms. The Hall–Kier alpha value is -8.56. The van der Waals surface area contributed by atoms with Crippen molar-refractivity contribution in [2.75, 3.05) is 39.4 Å². The van der Waals surface area contributed by atoms with Crippen molar-refractivity contribution in [3.05, 3.63) is 190 Å². The van der Waals surface area contributed by atoms with Gasteiger partial charge in [0.25, 0.3) is 11.6 Å². The summed E-state index contributed by atoms with van der Waals surface area (Å²) in [4.78, 5) is 48.8. The van der Waals surface area contributed by atoms with Gasteiger partial charge in [0.1, 0.15) is 35.6 Å². The quantitative estimate of drug-likeness (QED) is 0.0235. The number of carbonyl (C=O) groups excluding carboxylic acids is 2. The molecule has 0 aromatic heterocycles. The number of methoxy groups -OCH3 is 2. The molecule has 9 rings (SSSR count). The van der Waals surface area contributed by atoms with Crippen LogP contribution >= 0.6 is 0 Å². The maximum atomic E-state index is 15.8. The number of amides is 2. The summed E-state index contributed by atoms with van der Waals surface area (Å²) in [6.07, 6.45) is 6.94. The van der Waals surface area contributed by atoms with E-state index in [1.54, 1.807) is 77.7 Å². The number of non-ortho nitro benzene ring substituents is 1. The normalized spacial score (nSPS) is 20.3. The number of unbranched alkanes of at least 4 members (excludes halogenated alkanes) is 2. The van der Waals surface area contributed by atoms with Crippen molar-refractivity contribution in [1.29, 1.82) is 5.26 Å². The van der Waals surface area contributed by atoms with Crippen molar-refractivity contribution >= 4 is 39.9 Å². The summed E-state index contributed by atoms with van der Waals surface area (Å²) in [5.41, 5.74) is 4.48. The first-order valence-corrected chi connectivity index (χ1v) is 26.4. The second kappa shape index (κ2) is 25.3. The van der Waals surface area contributed by atoms with Crippen molar-refractivity contribution in [3.63, 3.8) is 0 Å². The lowest BCUT2D eigenvalue weighted by atomic mass is 9.55. The second-order valence-electron chi connectivity index (χ2n) is 19.8. The molecule has 6 unspecified atom stereocenters. The van der Waals surface area contributed by atoms with Crippen LogP contribution in [-0.4, -0.2) is 83.6 Å². The van der Waals surface area contributed by atoms with Gasteiger partial charge in [0.15, 0.2) is 0 Å². The van der Waals surface area contributed by atoms with Gasteiger partial charge in [0.2, 0.25) is 5.79 Å². The van der Waals surface area contributed by atoms with Crippen LogP contribution in [0.2, 0.25) is 0 Å². The Balaban J connectivity index is 1.25. The molecule has 1 heterocycles. The summed E-state index contributed by atoms with van der Waals surface area (Å²) < 4.78 is 31.7. The van der Waals surface area contributed by atoms with Crippen LogP contribution < -0.4 is 24.3 Å². The molecule has 6 atom stereocenters. The van der Waals surface area contributed by atoms with Gasteiger partial charge in [-0.05, 0) is 132 Å². The first-order chi connectivity index (χ1) is 38.5. The number of nitrogens with zero attached hydrogens (tertiary/aromatic N) is 4. The molecule has 0 bridgehead atoms. The number of nitrogens with one attached hydrogen (secondary N) is 1. The fraction of sp³-hybridized carbons (Fsp3) is 0.323. The summed E-state index contributed by atoms with van der Waals surface area (Å²) in [5, 5.41) is 51.3. The number of hydrogen-bond donors (Lipinski definition) is 3. The van der Waals surface area contributed by atoms with Gasteiger partial charge >= 0.3 is 6.09 Å². The number of carbonyl (C=O) groups is 2. The van der Waals surface area contributed by atoms with Gasteiger partial charge in [-0.1, -0.05) is 72.6 Å². The summed E-state index contributed by atoms with van der Waals surface area (Å²) in [6, 6.07) is 37.9. The van der Waals surface area contributed by atoms with Gasteiger partial charge in [-0.3, -0.25) is 20.2 Å². The first-order valence-electron chi connectivity index (χ1n) is 26.4. The molecular formula is C62H63N5O12. The van der Waals surface area contributed by atoms with Crippen LogP contribution in [0.3, 0.4) is 0 Å². The Kier molecular flexibility index (Phi) is 17.7. The zero-order chi connectivity index (χ0) is 55.5. The molecule has 1 aliphatic heterocycles. The average molecular weight is 1070 g/mol. The lowest BCUT2D eigenvalue weighted by Gasteiger charge is -2.60.